The van der Waals surface area contributed by atoms with Gasteiger partial charge in [0.25, 0.3) is 0 Å². The maximum absolute atomic E-state index is 10.5. The summed E-state index contributed by atoms with van der Waals surface area (Å²) in [5.74, 6) is -1.03. The number of halogens is 1. The van der Waals surface area contributed by atoms with Crippen LogP contribution in [-0.4, -0.2) is 21.3 Å². The quantitative estimate of drug-likeness (QED) is 0.466. The smallest absolute Gasteiger partial charge is 0.339 e. The van der Waals surface area contributed by atoms with Crippen LogP contribution in [0.25, 0.3) is 0 Å². The minimum absolute atomic E-state index is 0.00171. The highest BCUT2D eigenvalue weighted by Gasteiger charge is 2.09. The van der Waals surface area contributed by atoms with E-state index in [1.165, 1.54) is 12.3 Å². The van der Waals surface area contributed by atoms with E-state index >= 15 is 0 Å². The third-order valence-electron chi connectivity index (χ3n) is 1.12. The second kappa shape index (κ2) is 3.84. The molecule has 1 aromatic rings. The maximum Gasteiger partial charge on any atom is 0.339 e. The van der Waals surface area contributed by atoms with Crippen LogP contribution >= 0.6 is 11.8 Å². The molecule has 3 N–H and O–H groups in total. The van der Waals surface area contributed by atoms with Gasteiger partial charge in [-0.1, -0.05) is 0 Å². The summed E-state index contributed by atoms with van der Waals surface area (Å²) in [7, 11) is 0. The summed E-state index contributed by atoms with van der Waals surface area (Å²) in [6.07, 6.45) is 1.28. The number of anilines is 1. The van der Waals surface area contributed by atoms with Crippen LogP contribution in [0.1, 0.15) is 10.4 Å². The lowest BCUT2D eigenvalue weighted by atomic mass is 10.3. The molecule has 0 unspecified atom stereocenters. The fourth-order valence-corrected chi connectivity index (χ4v) is 0.731. The Morgan fingerprint density at radius 1 is 1.67 bits per heavy atom. The molecule has 1 aromatic heterocycles. The van der Waals surface area contributed by atoms with E-state index in [4.69, 9.17) is 16.9 Å². The van der Waals surface area contributed by atoms with Crippen molar-refractivity contribution in [2.75, 3.05) is 5.43 Å². The number of hydrogen-bond acceptors (Lipinski definition) is 5. The number of hydrogen-bond donors (Lipinski definition) is 3. The van der Waals surface area contributed by atoms with Gasteiger partial charge < -0.3 is 5.11 Å². The number of aromatic nitrogens is 2. The van der Waals surface area contributed by atoms with Gasteiger partial charge >= 0.3 is 5.97 Å². The Morgan fingerprint density at radius 3 is 3.00 bits per heavy atom. The Balaban J connectivity index is 3.00. The first-order valence-corrected chi connectivity index (χ1v) is 3.30. The van der Waals surface area contributed by atoms with E-state index in [1.54, 1.807) is 0 Å². The van der Waals surface area contributed by atoms with Crippen LogP contribution < -0.4 is 10.4 Å². The monoisotopic (exact) mass is 188 g/mol. The first-order chi connectivity index (χ1) is 5.75. The Hall–Kier alpha value is -1.40. The Bertz CT molecular complexity index is 293. The molecular weight excluding hydrogens is 184 g/mol. The highest BCUT2D eigenvalue weighted by molar-refractivity contribution is 6.14. The fourth-order valence-electron chi connectivity index (χ4n) is 0.641. The molecule has 1 heterocycles. The molecule has 12 heavy (non-hydrogen) atoms. The highest BCUT2D eigenvalue weighted by atomic mass is 35.5. The molecule has 0 aromatic carbocycles. The van der Waals surface area contributed by atoms with Gasteiger partial charge in [-0.15, -0.1) is 10.0 Å². The minimum atomic E-state index is -1.10. The van der Waals surface area contributed by atoms with Crippen LogP contribution in [0.2, 0.25) is 0 Å². The number of hydrazine groups is 1. The van der Waals surface area contributed by atoms with Crippen molar-refractivity contribution < 1.29 is 9.90 Å². The number of nitrogens with one attached hydrogen (secondary N) is 2. The largest absolute Gasteiger partial charge is 0.478 e. The molecule has 0 saturated carbocycles. The van der Waals surface area contributed by atoms with Gasteiger partial charge in [0.1, 0.15) is 5.56 Å². The molecule has 0 saturated heterocycles. The number of carboxylic acids is 1. The molecule has 0 fully saturated rings. The summed E-state index contributed by atoms with van der Waals surface area (Å²) in [5, 5.41) is 15.6. The van der Waals surface area contributed by atoms with Crippen molar-refractivity contribution in [3.8, 4) is 0 Å². The van der Waals surface area contributed by atoms with Crippen LogP contribution in [0.15, 0.2) is 12.3 Å². The Kier molecular flexibility index (Phi) is 2.78. The van der Waals surface area contributed by atoms with Crippen molar-refractivity contribution in [3.05, 3.63) is 17.8 Å². The van der Waals surface area contributed by atoms with E-state index in [0.29, 0.717) is 0 Å². The molecule has 0 aliphatic carbocycles. The molecule has 0 radical (unpaired) electrons. The summed E-state index contributed by atoms with van der Waals surface area (Å²) < 4.78 is 0. The number of rotatable bonds is 3. The summed E-state index contributed by atoms with van der Waals surface area (Å²) in [4.78, 5) is 12.6. The average molecular weight is 189 g/mol. The summed E-state index contributed by atoms with van der Waals surface area (Å²) in [5.41, 5.74) is 2.32. The average Bonchev–Trinajstić information content (AvgIpc) is 2.05. The molecule has 0 spiro atoms. The van der Waals surface area contributed by atoms with Gasteiger partial charge in [-0.05, 0) is 17.8 Å². The van der Waals surface area contributed by atoms with Gasteiger partial charge in [0, 0.05) is 0 Å². The summed E-state index contributed by atoms with van der Waals surface area (Å²) in [6, 6.07) is 1.31. The van der Waals surface area contributed by atoms with Gasteiger partial charge in [-0.25, -0.2) is 4.79 Å². The van der Waals surface area contributed by atoms with Crippen LogP contribution in [0.4, 0.5) is 5.82 Å². The van der Waals surface area contributed by atoms with Crippen molar-refractivity contribution in [1.82, 2.24) is 15.1 Å². The molecule has 64 valence electrons. The van der Waals surface area contributed by atoms with Crippen molar-refractivity contribution in [1.29, 1.82) is 0 Å². The van der Waals surface area contributed by atoms with Crippen molar-refractivity contribution in [3.63, 3.8) is 0 Å². The maximum atomic E-state index is 10.5. The van der Waals surface area contributed by atoms with Crippen LogP contribution in [0.5, 0.6) is 0 Å². The lowest BCUT2D eigenvalue weighted by Gasteiger charge is -2.02. The van der Waals surface area contributed by atoms with Crippen molar-refractivity contribution in [2.45, 2.75) is 0 Å². The third-order valence-corrected chi connectivity index (χ3v) is 1.21. The van der Waals surface area contributed by atoms with Crippen LogP contribution in [0, 0.1) is 0 Å². The minimum Gasteiger partial charge on any atom is -0.478 e. The molecule has 7 heteroatoms. The van der Waals surface area contributed by atoms with Crippen LogP contribution in [0.3, 0.4) is 0 Å². The van der Waals surface area contributed by atoms with Gasteiger partial charge in [0.05, 0.1) is 6.20 Å². The molecule has 0 atom stereocenters. The summed E-state index contributed by atoms with van der Waals surface area (Å²) in [6.45, 7) is 0. The molecule has 0 amide bonds. The van der Waals surface area contributed by atoms with Gasteiger partial charge in [0.15, 0.2) is 5.82 Å². The molecule has 0 aliphatic heterocycles. The lowest BCUT2D eigenvalue weighted by Crippen LogP contribution is -2.15. The SMILES string of the molecule is O=C(O)c1ccnnc1NNCl. The van der Waals surface area contributed by atoms with E-state index in [-0.39, 0.29) is 11.4 Å². The van der Waals surface area contributed by atoms with E-state index in [9.17, 15) is 4.79 Å². The van der Waals surface area contributed by atoms with Gasteiger partial charge in [-0.2, -0.15) is 5.10 Å². The fraction of sp³-hybridized carbons (Fsp3) is 0. The first-order valence-electron chi connectivity index (χ1n) is 2.92. The van der Waals surface area contributed by atoms with Crippen LogP contribution in [-0.2, 0) is 0 Å². The Morgan fingerprint density at radius 2 is 2.42 bits per heavy atom. The predicted octanol–water partition coefficient (Wildman–Crippen LogP) is 0.245. The lowest BCUT2D eigenvalue weighted by molar-refractivity contribution is 0.0697. The zero-order valence-corrected chi connectivity index (χ0v) is 6.54. The molecule has 0 bridgehead atoms. The number of carboxylic acid groups (broad SMARTS) is 1. The number of aromatic carboxylic acids is 1. The third kappa shape index (κ3) is 1.80. The molecule has 0 aliphatic rings. The van der Waals surface area contributed by atoms with E-state index in [0.717, 1.165) is 0 Å². The first kappa shape index (κ1) is 8.69. The van der Waals surface area contributed by atoms with E-state index in [2.05, 4.69) is 15.6 Å². The van der Waals surface area contributed by atoms with Crippen molar-refractivity contribution in [2.24, 2.45) is 0 Å². The second-order valence-corrected chi connectivity index (χ2v) is 2.01. The summed E-state index contributed by atoms with van der Waals surface area (Å²) >= 11 is 5.09. The number of nitrogens with zero attached hydrogens (tertiary/aromatic N) is 2. The topological polar surface area (TPSA) is 87.1 Å². The molecule has 1 rings (SSSR count). The van der Waals surface area contributed by atoms with Gasteiger partial charge in [0.2, 0.25) is 0 Å². The van der Waals surface area contributed by atoms with E-state index < -0.39 is 5.97 Å². The molecule has 6 nitrogen and oxygen atoms in total. The predicted molar refractivity (Wildman–Crippen MR) is 41.6 cm³/mol. The number of carbonyl (C=O) groups is 1. The van der Waals surface area contributed by atoms with E-state index in [1.807, 2.05) is 4.94 Å². The molecular formula is C5H5ClN4O2. The Labute approximate surface area is 72.6 Å². The van der Waals surface area contributed by atoms with Crippen molar-refractivity contribution >= 4 is 23.6 Å². The zero-order valence-electron chi connectivity index (χ0n) is 5.78. The van der Waals surface area contributed by atoms with Gasteiger partial charge in [-0.3, -0.25) is 5.43 Å². The standard InChI is InChI=1S/C5H5ClN4O2/c6-10-9-4-3(5(11)12)1-2-7-8-4/h1-2,10H,(H,8,9)(H,11,12). The highest BCUT2D eigenvalue weighted by Crippen LogP contribution is 2.08. The normalized spacial score (nSPS) is 9.42. The zero-order chi connectivity index (χ0) is 8.97. The second-order valence-electron chi connectivity index (χ2n) is 1.82.